The van der Waals surface area contributed by atoms with Crippen LogP contribution in [-0.2, 0) is 11.3 Å². The average molecular weight is 307 g/mol. The number of hydrogen-bond donors (Lipinski definition) is 2. The Hall–Kier alpha value is -2.07. The Morgan fingerprint density at radius 2 is 1.81 bits per heavy atom. The number of amides is 1. The van der Waals surface area contributed by atoms with Gasteiger partial charge in [-0.05, 0) is 36.4 Å². The molecule has 0 aliphatic carbocycles. The van der Waals surface area contributed by atoms with Crippen LogP contribution in [0, 0.1) is 5.82 Å². The van der Waals surface area contributed by atoms with Gasteiger partial charge in [0.1, 0.15) is 5.82 Å². The molecule has 3 nitrogen and oxygen atoms in total. The molecule has 0 aromatic heterocycles. The molecule has 0 unspecified atom stereocenters. The second-order valence-electron chi connectivity index (χ2n) is 4.53. The minimum atomic E-state index is -0.332. The highest BCUT2D eigenvalue weighted by Gasteiger charge is 2.06. The fraction of sp³-hybridized carbons (Fsp3) is 0.188. The van der Waals surface area contributed by atoms with Crippen LogP contribution in [0.3, 0.4) is 0 Å². The zero-order chi connectivity index (χ0) is 15.2. The van der Waals surface area contributed by atoms with Crippen molar-refractivity contribution in [1.82, 2.24) is 0 Å². The molecule has 2 aromatic carbocycles. The number of benzene rings is 2. The Labute approximate surface area is 128 Å². The lowest BCUT2D eigenvalue weighted by atomic mass is 10.2. The van der Waals surface area contributed by atoms with E-state index in [4.69, 9.17) is 11.6 Å². The molecule has 0 saturated heterocycles. The van der Waals surface area contributed by atoms with E-state index in [0.717, 1.165) is 11.4 Å². The van der Waals surface area contributed by atoms with Crippen molar-refractivity contribution in [3.63, 3.8) is 0 Å². The van der Waals surface area contributed by atoms with Crippen molar-refractivity contribution >= 4 is 28.9 Å². The summed E-state index contributed by atoms with van der Waals surface area (Å²) in [6.45, 7) is 2.09. The quantitative estimate of drug-likeness (QED) is 0.857. The molecule has 21 heavy (non-hydrogen) atoms. The van der Waals surface area contributed by atoms with Crippen molar-refractivity contribution in [3.8, 4) is 0 Å². The van der Waals surface area contributed by atoms with Crippen molar-refractivity contribution in [2.75, 3.05) is 10.6 Å². The molecule has 0 saturated carbocycles. The first kappa shape index (κ1) is 15.3. The van der Waals surface area contributed by atoms with E-state index in [1.165, 1.54) is 6.07 Å². The molecular weight excluding hydrogens is 291 g/mol. The minimum absolute atomic E-state index is 0.0335. The second-order valence-corrected chi connectivity index (χ2v) is 4.94. The first-order valence-corrected chi connectivity index (χ1v) is 7.04. The van der Waals surface area contributed by atoms with Crippen molar-refractivity contribution < 1.29 is 9.18 Å². The van der Waals surface area contributed by atoms with Crippen LogP contribution < -0.4 is 10.6 Å². The third-order valence-corrected chi connectivity index (χ3v) is 3.37. The van der Waals surface area contributed by atoms with E-state index in [1.54, 1.807) is 31.2 Å². The monoisotopic (exact) mass is 306 g/mol. The molecule has 2 rings (SSSR count). The van der Waals surface area contributed by atoms with Crippen LogP contribution in [0.1, 0.15) is 18.9 Å². The number of halogens is 2. The van der Waals surface area contributed by atoms with E-state index >= 15 is 0 Å². The Bertz CT molecular complexity index is 608. The molecule has 0 fully saturated rings. The molecule has 2 N–H and O–H groups in total. The second kappa shape index (κ2) is 7.09. The molecule has 5 heteroatoms. The minimum Gasteiger partial charge on any atom is -0.381 e. The first-order valence-electron chi connectivity index (χ1n) is 6.67. The van der Waals surface area contributed by atoms with Gasteiger partial charge in [-0.3, -0.25) is 4.79 Å². The Morgan fingerprint density at radius 3 is 2.43 bits per heavy atom. The zero-order valence-corrected chi connectivity index (χ0v) is 12.4. The maximum Gasteiger partial charge on any atom is 0.224 e. The average Bonchev–Trinajstić information content (AvgIpc) is 2.48. The highest BCUT2D eigenvalue weighted by Crippen LogP contribution is 2.21. The van der Waals surface area contributed by atoms with Gasteiger partial charge in [-0.25, -0.2) is 4.39 Å². The zero-order valence-electron chi connectivity index (χ0n) is 11.6. The van der Waals surface area contributed by atoms with Crippen LogP contribution >= 0.6 is 11.6 Å². The van der Waals surface area contributed by atoms with Gasteiger partial charge >= 0.3 is 0 Å². The van der Waals surface area contributed by atoms with E-state index < -0.39 is 0 Å². The summed E-state index contributed by atoms with van der Waals surface area (Å²) in [6, 6.07) is 11.8. The molecule has 0 spiro atoms. The molecule has 0 aliphatic rings. The molecule has 0 aliphatic heterocycles. The van der Waals surface area contributed by atoms with Crippen molar-refractivity contribution in [2.24, 2.45) is 0 Å². The van der Waals surface area contributed by atoms with E-state index in [-0.39, 0.29) is 11.7 Å². The third kappa shape index (κ3) is 4.20. The fourth-order valence-electron chi connectivity index (χ4n) is 1.81. The van der Waals surface area contributed by atoms with E-state index in [2.05, 4.69) is 10.6 Å². The number of carbonyl (C=O) groups is 1. The molecule has 0 heterocycles. The number of carbonyl (C=O) groups excluding carboxylic acids is 1. The van der Waals surface area contributed by atoms with Crippen LogP contribution in [0.25, 0.3) is 0 Å². The normalized spacial score (nSPS) is 10.2. The largest absolute Gasteiger partial charge is 0.381 e. The third-order valence-electron chi connectivity index (χ3n) is 3.02. The van der Waals surface area contributed by atoms with Crippen LogP contribution in [0.5, 0.6) is 0 Å². The van der Waals surface area contributed by atoms with Crippen molar-refractivity contribution in [1.29, 1.82) is 0 Å². The Kier molecular flexibility index (Phi) is 5.17. The fourth-order valence-corrected chi connectivity index (χ4v) is 2.04. The Balaban J connectivity index is 1.99. The van der Waals surface area contributed by atoms with Gasteiger partial charge in [0, 0.05) is 34.9 Å². The predicted molar refractivity (Wildman–Crippen MR) is 84.1 cm³/mol. The van der Waals surface area contributed by atoms with Crippen LogP contribution in [-0.4, -0.2) is 5.91 Å². The first-order chi connectivity index (χ1) is 10.1. The smallest absolute Gasteiger partial charge is 0.224 e. The summed E-state index contributed by atoms with van der Waals surface area (Å²) < 4.78 is 13.6. The summed E-state index contributed by atoms with van der Waals surface area (Å²) in [4.78, 5) is 11.3. The van der Waals surface area contributed by atoms with Crippen LogP contribution in [0.2, 0.25) is 5.02 Å². The van der Waals surface area contributed by atoms with Crippen molar-refractivity contribution in [3.05, 3.63) is 58.9 Å². The lowest BCUT2D eigenvalue weighted by molar-refractivity contribution is -0.115. The van der Waals surface area contributed by atoms with Gasteiger partial charge in [0.05, 0.1) is 0 Å². The molecule has 1 amide bonds. The van der Waals surface area contributed by atoms with Crippen molar-refractivity contribution in [2.45, 2.75) is 19.9 Å². The summed E-state index contributed by atoms with van der Waals surface area (Å²) >= 11 is 5.97. The summed E-state index contributed by atoms with van der Waals surface area (Å²) in [5, 5.41) is 6.26. The lowest BCUT2D eigenvalue weighted by Crippen LogP contribution is -2.09. The highest BCUT2D eigenvalue weighted by molar-refractivity contribution is 6.31. The topological polar surface area (TPSA) is 41.1 Å². The molecule has 0 atom stereocenters. The van der Waals surface area contributed by atoms with E-state index in [1.807, 2.05) is 12.1 Å². The molecule has 0 radical (unpaired) electrons. The number of anilines is 2. The van der Waals surface area contributed by atoms with E-state index in [0.29, 0.717) is 23.6 Å². The number of nitrogens with one attached hydrogen (secondary N) is 2. The van der Waals surface area contributed by atoms with Gasteiger partial charge in [-0.2, -0.15) is 0 Å². The molecule has 0 bridgehead atoms. The number of rotatable bonds is 5. The standard InChI is InChI=1S/C16H16ClFN2O/c1-2-16(21)20-12-8-6-11(7-9-12)19-10-13-14(17)4-3-5-15(13)18/h3-9,19H,2,10H2,1H3,(H,20,21). The van der Waals surface area contributed by atoms with E-state index in [9.17, 15) is 9.18 Å². The number of hydrogen-bond acceptors (Lipinski definition) is 2. The van der Waals surface area contributed by atoms with Gasteiger partial charge in [0.15, 0.2) is 0 Å². The summed E-state index contributed by atoms with van der Waals surface area (Å²) in [6.07, 6.45) is 0.436. The maximum atomic E-state index is 13.6. The van der Waals surface area contributed by atoms with Crippen LogP contribution in [0.15, 0.2) is 42.5 Å². The Morgan fingerprint density at radius 1 is 1.14 bits per heavy atom. The maximum absolute atomic E-state index is 13.6. The highest BCUT2D eigenvalue weighted by atomic mass is 35.5. The van der Waals surface area contributed by atoms with Gasteiger partial charge < -0.3 is 10.6 Å². The van der Waals surface area contributed by atoms with Crippen LogP contribution in [0.4, 0.5) is 15.8 Å². The summed E-state index contributed by atoms with van der Waals surface area (Å²) in [5.41, 5.74) is 1.99. The summed E-state index contributed by atoms with van der Waals surface area (Å²) in [7, 11) is 0. The molecule has 110 valence electrons. The lowest BCUT2D eigenvalue weighted by Gasteiger charge is -2.10. The van der Waals surface area contributed by atoms with Gasteiger partial charge in [-0.1, -0.05) is 24.6 Å². The van der Waals surface area contributed by atoms with Gasteiger partial charge in [0.2, 0.25) is 5.91 Å². The summed E-state index contributed by atoms with van der Waals surface area (Å²) in [5.74, 6) is -0.365. The molecule has 2 aromatic rings. The SMILES string of the molecule is CCC(=O)Nc1ccc(NCc2c(F)cccc2Cl)cc1. The van der Waals surface area contributed by atoms with Gasteiger partial charge in [-0.15, -0.1) is 0 Å². The van der Waals surface area contributed by atoms with Gasteiger partial charge in [0.25, 0.3) is 0 Å². The predicted octanol–water partition coefficient (Wildman–Crippen LogP) is 4.44. The molecular formula is C16H16ClFN2O.